The smallest absolute Gasteiger partial charge is 0.267 e. The van der Waals surface area contributed by atoms with E-state index in [4.69, 9.17) is 4.74 Å². The van der Waals surface area contributed by atoms with Gasteiger partial charge in [0.25, 0.3) is 5.91 Å². The summed E-state index contributed by atoms with van der Waals surface area (Å²) in [4.78, 5) is 12.6. The molecule has 0 aliphatic heterocycles. The molecule has 0 aromatic heterocycles. The molecule has 2 aromatic rings. The van der Waals surface area contributed by atoms with Gasteiger partial charge in [-0.1, -0.05) is 49.7 Å². The van der Waals surface area contributed by atoms with Crippen LogP contribution in [0.15, 0.2) is 54.2 Å². The van der Waals surface area contributed by atoms with Crippen molar-refractivity contribution < 1.29 is 9.53 Å². The van der Waals surface area contributed by atoms with Crippen molar-refractivity contribution in [2.75, 3.05) is 11.9 Å². The quantitative estimate of drug-likeness (QED) is 0.478. The van der Waals surface area contributed by atoms with Crippen molar-refractivity contribution in [2.24, 2.45) is 0 Å². The van der Waals surface area contributed by atoms with Gasteiger partial charge < -0.3 is 15.4 Å². The van der Waals surface area contributed by atoms with Crippen LogP contribution in [0.5, 0.6) is 5.75 Å². The Balaban J connectivity index is 2.17. The molecule has 0 spiro atoms. The van der Waals surface area contributed by atoms with Crippen LogP contribution < -0.4 is 15.4 Å². The standard InChI is InChI=1S/C24H29N3O2/c1-6-29-23-12-11-17(4)13-21(23)18(5)26-15-19(14-25)24(28)27-22-10-8-7-9-20(22)16(2)3/h7-13,15-16,18,26H,6H2,1-5H3,(H,27,28)/b19-15-. The van der Waals surface area contributed by atoms with Crippen LogP contribution in [0.1, 0.15) is 56.3 Å². The second-order valence-corrected chi connectivity index (χ2v) is 7.23. The van der Waals surface area contributed by atoms with Gasteiger partial charge in [0, 0.05) is 17.5 Å². The predicted octanol–water partition coefficient (Wildman–Crippen LogP) is 5.21. The molecule has 1 unspecified atom stereocenters. The van der Waals surface area contributed by atoms with Gasteiger partial charge in [0.2, 0.25) is 0 Å². The van der Waals surface area contributed by atoms with E-state index < -0.39 is 5.91 Å². The van der Waals surface area contributed by atoms with Crippen LogP contribution in [0.4, 0.5) is 5.69 Å². The normalized spacial score (nSPS) is 12.2. The molecular weight excluding hydrogens is 362 g/mol. The Kier molecular flexibility index (Phi) is 7.85. The highest BCUT2D eigenvalue weighted by molar-refractivity contribution is 6.06. The van der Waals surface area contributed by atoms with Crippen molar-refractivity contribution in [1.82, 2.24) is 5.32 Å². The lowest BCUT2D eigenvalue weighted by atomic mass is 10.0. The molecule has 0 aliphatic rings. The maximum Gasteiger partial charge on any atom is 0.267 e. The largest absolute Gasteiger partial charge is 0.494 e. The van der Waals surface area contributed by atoms with Gasteiger partial charge >= 0.3 is 0 Å². The number of carbonyl (C=O) groups excluding carboxylic acids is 1. The SMILES string of the molecule is CCOc1ccc(C)cc1C(C)N/C=C(/C#N)C(=O)Nc1ccccc1C(C)C. The van der Waals surface area contributed by atoms with Gasteiger partial charge in [-0.2, -0.15) is 5.26 Å². The number of benzene rings is 2. The molecule has 0 aliphatic carbocycles. The minimum absolute atomic E-state index is 0.0148. The van der Waals surface area contributed by atoms with Gasteiger partial charge in [0.15, 0.2) is 0 Å². The molecule has 0 bridgehead atoms. The molecule has 2 aromatic carbocycles. The zero-order valence-corrected chi connectivity index (χ0v) is 17.7. The lowest BCUT2D eigenvalue weighted by Crippen LogP contribution is -2.19. The second-order valence-electron chi connectivity index (χ2n) is 7.23. The number of anilines is 1. The summed E-state index contributed by atoms with van der Waals surface area (Å²) in [5.41, 5.74) is 3.86. The number of rotatable bonds is 8. The zero-order valence-electron chi connectivity index (χ0n) is 17.7. The molecule has 0 radical (unpaired) electrons. The number of aryl methyl sites for hydroxylation is 1. The summed E-state index contributed by atoms with van der Waals surface area (Å²) in [7, 11) is 0. The first-order chi connectivity index (χ1) is 13.9. The number of nitrogens with zero attached hydrogens (tertiary/aromatic N) is 1. The lowest BCUT2D eigenvalue weighted by molar-refractivity contribution is -0.112. The monoisotopic (exact) mass is 391 g/mol. The number of hydrogen-bond acceptors (Lipinski definition) is 4. The van der Waals surface area contributed by atoms with Crippen molar-refractivity contribution in [3.8, 4) is 11.8 Å². The van der Waals surface area contributed by atoms with Crippen LogP contribution in [0.25, 0.3) is 0 Å². The molecule has 0 saturated carbocycles. The number of hydrogen-bond donors (Lipinski definition) is 2. The summed E-state index contributed by atoms with van der Waals surface area (Å²) >= 11 is 0. The lowest BCUT2D eigenvalue weighted by Gasteiger charge is -2.18. The third-order valence-corrected chi connectivity index (χ3v) is 4.61. The molecule has 152 valence electrons. The Morgan fingerprint density at radius 2 is 1.90 bits per heavy atom. The van der Waals surface area contributed by atoms with Crippen molar-refractivity contribution in [3.05, 3.63) is 70.9 Å². The third kappa shape index (κ3) is 5.86. The number of para-hydroxylation sites is 1. The van der Waals surface area contributed by atoms with Gasteiger partial charge in [-0.3, -0.25) is 4.79 Å². The predicted molar refractivity (Wildman–Crippen MR) is 117 cm³/mol. The summed E-state index contributed by atoms with van der Waals surface area (Å²) < 4.78 is 5.70. The maximum atomic E-state index is 12.6. The molecule has 1 amide bonds. The number of nitrogens with one attached hydrogen (secondary N) is 2. The Hall–Kier alpha value is -3.26. The fraction of sp³-hybridized carbons (Fsp3) is 0.333. The highest BCUT2D eigenvalue weighted by atomic mass is 16.5. The van der Waals surface area contributed by atoms with E-state index >= 15 is 0 Å². The summed E-state index contributed by atoms with van der Waals surface area (Å²) in [6, 6.07) is 15.5. The van der Waals surface area contributed by atoms with Gasteiger partial charge in [0.1, 0.15) is 17.4 Å². The van der Waals surface area contributed by atoms with Crippen LogP contribution in [-0.4, -0.2) is 12.5 Å². The molecular formula is C24H29N3O2. The molecule has 0 heterocycles. The van der Waals surface area contributed by atoms with Gasteiger partial charge in [-0.25, -0.2) is 0 Å². The van der Waals surface area contributed by atoms with E-state index in [0.29, 0.717) is 6.61 Å². The number of ether oxygens (including phenoxy) is 1. The Labute approximate surface area is 173 Å². The molecule has 1 atom stereocenters. The molecule has 2 rings (SSSR count). The molecule has 0 fully saturated rings. The minimum Gasteiger partial charge on any atom is -0.494 e. The van der Waals surface area contributed by atoms with Crippen LogP contribution in [0.3, 0.4) is 0 Å². The van der Waals surface area contributed by atoms with E-state index in [1.165, 1.54) is 6.20 Å². The van der Waals surface area contributed by atoms with E-state index in [9.17, 15) is 10.1 Å². The molecule has 5 nitrogen and oxygen atoms in total. The Bertz CT molecular complexity index is 926. The van der Waals surface area contributed by atoms with E-state index in [1.807, 2.05) is 69.3 Å². The number of carbonyl (C=O) groups is 1. The summed E-state index contributed by atoms with van der Waals surface area (Å²) in [5, 5.41) is 15.5. The van der Waals surface area contributed by atoms with E-state index in [1.54, 1.807) is 0 Å². The minimum atomic E-state index is -0.436. The van der Waals surface area contributed by atoms with E-state index in [0.717, 1.165) is 28.1 Å². The molecule has 29 heavy (non-hydrogen) atoms. The third-order valence-electron chi connectivity index (χ3n) is 4.61. The number of nitriles is 1. The molecule has 5 heteroatoms. The highest BCUT2D eigenvalue weighted by Gasteiger charge is 2.15. The van der Waals surface area contributed by atoms with Gasteiger partial charge in [0.05, 0.1) is 12.6 Å². The van der Waals surface area contributed by atoms with Gasteiger partial charge in [-0.15, -0.1) is 0 Å². The first kappa shape index (κ1) is 22.0. The van der Waals surface area contributed by atoms with E-state index in [2.05, 4.69) is 24.5 Å². The fourth-order valence-corrected chi connectivity index (χ4v) is 3.04. The maximum absolute atomic E-state index is 12.6. The number of amides is 1. The highest BCUT2D eigenvalue weighted by Crippen LogP contribution is 2.27. The van der Waals surface area contributed by atoms with Gasteiger partial charge in [-0.05, 0) is 44.4 Å². The Morgan fingerprint density at radius 3 is 2.55 bits per heavy atom. The van der Waals surface area contributed by atoms with Crippen molar-refractivity contribution in [3.63, 3.8) is 0 Å². The topological polar surface area (TPSA) is 74.1 Å². The fourth-order valence-electron chi connectivity index (χ4n) is 3.04. The summed E-state index contributed by atoms with van der Waals surface area (Å²) in [6.07, 6.45) is 1.47. The second kappa shape index (κ2) is 10.3. The zero-order chi connectivity index (χ0) is 21.4. The average Bonchev–Trinajstić information content (AvgIpc) is 2.70. The van der Waals surface area contributed by atoms with E-state index in [-0.39, 0.29) is 17.5 Å². The van der Waals surface area contributed by atoms with Crippen LogP contribution in [0.2, 0.25) is 0 Å². The molecule has 2 N–H and O–H groups in total. The summed E-state index contributed by atoms with van der Waals surface area (Å²) in [5.74, 6) is 0.618. The first-order valence-corrected chi connectivity index (χ1v) is 9.87. The first-order valence-electron chi connectivity index (χ1n) is 9.87. The van der Waals surface area contributed by atoms with Crippen molar-refractivity contribution in [1.29, 1.82) is 5.26 Å². The van der Waals surface area contributed by atoms with Crippen molar-refractivity contribution in [2.45, 2.75) is 46.6 Å². The van der Waals surface area contributed by atoms with Crippen molar-refractivity contribution >= 4 is 11.6 Å². The van der Waals surface area contributed by atoms with Crippen LogP contribution in [-0.2, 0) is 4.79 Å². The molecule has 0 saturated heterocycles. The van der Waals surface area contributed by atoms with Crippen LogP contribution in [0, 0.1) is 18.3 Å². The Morgan fingerprint density at radius 1 is 1.17 bits per heavy atom. The summed E-state index contributed by atoms with van der Waals surface area (Å²) in [6.45, 7) is 10.6. The van der Waals surface area contributed by atoms with Crippen LogP contribution >= 0.6 is 0 Å². The average molecular weight is 392 g/mol.